The maximum atomic E-state index is 12.2. The van der Waals surface area contributed by atoms with Gasteiger partial charge in [-0.2, -0.15) is 0 Å². The van der Waals surface area contributed by atoms with Gasteiger partial charge in [-0.05, 0) is 18.9 Å². The molecule has 0 bridgehead atoms. The Morgan fingerprint density at radius 3 is 2.58 bits per heavy atom. The fourth-order valence-electron chi connectivity index (χ4n) is 2.71. The summed E-state index contributed by atoms with van der Waals surface area (Å²) in [6.07, 6.45) is 10.0. The van der Waals surface area contributed by atoms with Gasteiger partial charge in [-0.25, -0.2) is 15.0 Å². The molecule has 8 heteroatoms. The molecule has 0 atom stereocenters. The minimum Gasteiger partial charge on any atom is -0.367 e. The SMILES string of the molecule is O=C(NCCNc1cnccn1)C1CCN(c2ncccn2)CC1. The highest BCUT2D eigenvalue weighted by Gasteiger charge is 2.25. The summed E-state index contributed by atoms with van der Waals surface area (Å²) in [5.41, 5.74) is 0. The van der Waals surface area contributed by atoms with Crippen LogP contribution in [-0.2, 0) is 4.79 Å². The van der Waals surface area contributed by atoms with E-state index in [4.69, 9.17) is 0 Å². The molecule has 8 nitrogen and oxygen atoms in total. The molecule has 1 saturated heterocycles. The first-order valence-electron chi connectivity index (χ1n) is 8.12. The smallest absolute Gasteiger partial charge is 0.225 e. The predicted octanol–water partition coefficient (Wildman–Crippen LogP) is 0.711. The molecule has 0 aliphatic carbocycles. The Labute approximate surface area is 140 Å². The molecule has 3 heterocycles. The summed E-state index contributed by atoms with van der Waals surface area (Å²) in [5.74, 6) is 1.62. The summed E-state index contributed by atoms with van der Waals surface area (Å²) in [6.45, 7) is 2.80. The van der Waals surface area contributed by atoms with Gasteiger partial charge < -0.3 is 15.5 Å². The van der Waals surface area contributed by atoms with E-state index < -0.39 is 0 Å². The maximum absolute atomic E-state index is 12.2. The van der Waals surface area contributed by atoms with Crippen molar-refractivity contribution < 1.29 is 4.79 Å². The van der Waals surface area contributed by atoms with Crippen molar-refractivity contribution in [3.8, 4) is 0 Å². The number of piperidine rings is 1. The Hall–Kier alpha value is -2.77. The first kappa shape index (κ1) is 16.1. The number of anilines is 2. The molecule has 24 heavy (non-hydrogen) atoms. The quantitative estimate of drug-likeness (QED) is 0.754. The van der Waals surface area contributed by atoms with Crippen LogP contribution in [0.3, 0.4) is 0 Å². The van der Waals surface area contributed by atoms with Crippen LogP contribution in [0.5, 0.6) is 0 Å². The van der Waals surface area contributed by atoms with Crippen molar-refractivity contribution >= 4 is 17.7 Å². The monoisotopic (exact) mass is 327 g/mol. The number of hydrogen-bond donors (Lipinski definition) is 2. The molecule has 0 saturated carbocycles. The van der Waals surface area contributed by atoms with Gasteiger partial charge in [-0.1, -0.05) is 0 Å². The molecule has 3 rings (SSSR count). The van der Waals surface area contributed by atoms with E-state index in [1.165, 1.54) is 0 Å². The van der Waals surface area contributed by atoms with Crippen molar-refractivity contribution in [1.82, 2.24) is 25.3 Å². The van der Waals surface area contributed by atoms with E-state index >= 15 is 0 Å². The lowest BCUT2D eigenvalue weighted by Crippen LogP contribution is -2.42. The molecular weight excluding hydrogens is 306 g/mol. The van der Waals surface area contributed by atoms with E-state index in [-0.39, 0.29) is 11.8 Å². The van der Waals surface area contributed by atoms with Gasteiger partial charge in [0.05, 0.1) is 6.20 Å². The van der Waals surface area contributed by atoms with Gasteiger partial charge in [0.25, 0.3) is 0 Å². The Morgan fingerprint density at radius 2 is 1.88 bits per heavy atom. The summed E-state index contributed by atoms with van der Waals surface area (Å²) < 4.78 is 0. The lowest BCUT2D eigenvalue weighted by atomic mass is 9.96. The second kappa shape index (κ2) is 8.19. The highest BCUT2D eigenvalue weighted by Crippen LogP contribution is 2.20. The summed E-state index contributed by atoms with van der Waals surface area (Å²) >= 11 is 0. The zero-order valence-electron chi connectivity index (χ0n) is 13.4. The third kappa shape index (κ3) is 4.37. The van der Waals surface area contributed by atoms with Crippen molar-refractivity contribution in [3.63, 3.8) is 0 Å². The summed E-state index contributed by atoms with van der Waals surface area (Å²) in [5, 5.41) is 6.10. The highest BCUT2D eigenvalue weighted by molar-refractivity contribution is 5.78. The number of nitrogens with one attached hydrogen (secondary N) is 2. The van der Waals surface area contributed by atoms with Crippen LogP contribution in [-0.4, -0.2) is 52.0 Å². The largest absolute Gasteiger partial charge is 0.367 e. The normalized spacial score (nSPS) is 15.1. The first-order valence-corrected chi connectivity index (χ1v) is 8.12. The number of rotatable bonds is 6. The third-order valence-corrected chi connectivity index (χ3v) is 3.99. The van der Waals surface area contributed by atoms with E-state index in [9.17, 15) is 4.79 Å². The van der Waals surface area contributed by atoms with Crippen LogP contribution in [0.4, 0.5) is 11.8 Å². The average Bonchev–Trinajstić information content (AvgIpc) is 2.67. The van der Waals surface area contributed by atoms with E-state index in [0.717, 1.165) is 31.9 Å². The van der Waals surface area contributed by atoms with Gasteiger partial charge in [0.1, 0.15) is 5.82 Å². The molecular formula is C16H21N7O. The third-order valence-electron chi connectivity index (χ3n) is 3.99. The molecule has 0 spiro atoms. The van der Waals surface area contributed by atoms with Crippen LogP contribution < -0.4 is 15.5 Å². The zero-order valence-corrected chi connectivity index (χ0v) is 13.4. The zero-order chi connectivity index (χ0) is 16.6. The Balaban J connectivity index is 1.36. The molecule has 1 fully saturated rings. The van der Waals surface area contributed by atoms with Crippen LogP contribution in [0.15, 0.2) is 37.1 Å². The van der Waals surface area contributed by atoms with E-state index in [1.807, 2.05) is 0 Å². The minimum absolute atomic E-state index is 0.0569. The van der Waals surface area contributed by atoms with E-state index in [1.54, 1.807) is 37.1 Å². The molecule has 1 aliphatic heterocycles. The topological polar surface area (TPSA) is 95.9 Å². The molecule has 0 radical (unpaired) electrons. The molecule has 1 amide bonds. The second-order valence-electron chi connectivity index (χ2n) is 5.62. The van der Waals surface area contributed by atoms with Crippen molar-refractivity contribution in [2.24, 2.45) is 5.92 Å². The highest BCUT2D eigenvalue weighted by atomic mass is 16.1. The summed E-state index contributed by atoms with van der Waals surface area (Å²) in [4.78, 5) is 31.0. The summed E-state index contributed by atoms with van der Waals surface area (Å²) in [7, 11) is 0. The molecule has 0 unspecified atom stereocenters. The second-order valence-corrected chi connectivity index (χ2v) is 5.62. The molecule has 2 aromatic heterocycles. The molecule has 126 valence electrons. The van der Waals surface area contributed by atoms with Crippen LogP contribution in [0.25, 0.3) is 0 Å². The van der Waals surface area contributed by atoms with Crippen molar-refractivity contribution in [2.75, 3.05) is 36.4 Å². The number of nitrogens with zero attached hydrogens (tertiary/aromatic N) is 5. The van der Waals surface area contributed by atoms with Crippen LogP contribution in [0.2, 0.25) is 0 Å². The first-order chi connectivity index (χ1) is 11.8. The van der Waals surface area contributed by atoms with Crippen molar-refractivity contribution in [1.29, 1.82) is 0 Å². The Morgan fingerprint density at radius 1 is 1.08 bits per heavy atom. The van der Waals surface area contributed by atoms with Crippen molar-refractivity contribution in [3.05, 3.63) is 37.1 Å². The number of amides is 1. The van der Waals surface area contributed by atoms with Crippen LogP contribution in [0.1, 0.15) is 12.8 Å². The minimum atomic E-state index is 0.0569. The van der Waals surface area contributed by atoms with Crippen LogP contribution >= 0.6 is 0 Å². The standard InChI is InChI=1S/C16H21N7O/c24-15(20-9-8-19-14-12-17-6-7-18-14)13-2-10-23(11-3-13)16-21-4-1-5-22-16/h1,4-7,12-13H,2-3,8-11H2,(H,18,19)(H,20,24). The van der Waals surface area contributed by atoms with Gasteiger partial charge in [0.2, 0.25) is 11.9 Å². The fourth-order valence-corrected chi connectivity index (χ4v) is 2.71. The van der Waals surface area contributed by atoms with Gasteiger partial charge in [0.15, 0.2) is 0 Å². The summed E-state index contributed by atoms with van der Waals surface area (Å²) in [6, 6.07) is 1.80. The predicted molar refractivity (Wildman–Crippen MR) is 90.5 cm³/mol. The number of carbonyl (C=O) groups is 1. The Bertz CT molecular complexity index is 629. The number of hydrogen-bond acceptors (Lipinski definition) is 7. The van der Waals surface area contributed by atoms with E-state index in [0.29, 0.717) is 18.9 Å². The number of carbonyl (C=O) groups excluding carboxylic acids is 1. The lowest BCUT2D eigenvalue weighted by Gasteiger charge is -2.31. The van der Waals surface area contributed by atoms with E-state index in [2.05, 4.69) is 35.5 Å². The van der Waals surface area contributed by atoms with Gasteiger partial charge in [0, 0.05) is 56.9 Å². The van der Waals surface area contributed by atoms with Gasteiger partial charge >= 0.3 is 0 Å². The molecule has 0 aromatic carbocycles. The maximum Gasteiger partial charge on any atom is 0.225 e. The molecule has 2 N–H and O–H groups in total. The lowest BCUT2D eigenvalue weighted by molar-refractivity contribution is -0.125. The average molecular weight is 327 g/mol. The molecule has 1 aliphatic rings. The van der Waals surface area contributed by atoms with Crippen LogP contribution in [0, 0.1) is 5.92 Å². The van der Waals surface area contributed by atoms with Gasteiger partial charge in [-0.3, -0.25) is 9.78 Å². The van der Waals surface area contributed by atoms with Gasteiger partial charge in [-0.15, -0.1) is 0 Å². The Kier molecular flexibility index (Phi) is 5.49. The number of aromatic nitrogens is 4. The molecule has 2 aromatic rings. The fraction of sp³-hybridized carbons (Fsp3) is 0.438. The van der Waals surface area contributed by atoms with Crippen molar-refractivity contribution in [2.45, 2.75) is 12.8 Å².